The molecule has 0 spiro atoms. The molecular formula is C9H11BNO5-. The molecule has 0 radical (unpaired) electrons. The lowest BCUT2D eigenvalue weighted by Crippen LogP contribution is -2.46. The minimum atomic E-state index is -1.37. The van der Waals surface area contributed by atoms with Crippen molar-refractivity contribution in [2.24, 2.45) is 0 Å². The number of nitro groups is 1. The third kappa shape index (κ3) is 3.61. The topological polar surface area (TPSA) is 95.7 Å². The normalized spacial score (nSPS) is 10.1. The Morgan fingerprint density at radius 1 is 1.38 bits per heavy atom. The molecule has 0 saturated heterocycles. The Kier molecular flexibility index (Phi) is 4.91. The summed E-state index contributed by atoms with van der Waals surface area (Å²) >= 11 is 0. The molecule has 7 heteroatoms. The van der Waals surface area contributed by atoms with Gasteiger partial charge in [0.2, 0.25) is 7.12 Å². The summed E-state index contributed by atoms with van der Waals surface area (Å²) in [5.74, 6) is 0. The maximum atomic E-state index is 11.4. The first-order valence-corrected chi connectivity index (χ1v) is 4.78. The standard InChI is InChI=1S/C9H11BNO5/c12-6-1-7-16-10(13)8-2-4-9(5-3-8)11(14)15/h2-5,12H,1,6-7H2/q-1. The Morgan fingerprint density at radius 2 is 2.00 bits per heavy atom. The van der Waals surface area contributed by atoms with Crippen molar-refractivity contribution in [2.45, 2.75) is 6.42 Å². The Labute approximate surface area is 92.8 Å². The van der Waals surface area contributed by atoms with Crippen LogP contribution in [0.15, 0.2) is 24.3 Å². The second-order valence-corrected chi connectivity index (χ2v) is 3.13. The largest absolute Gasteiger partial charge is 0.853 e. The molecule has 0 aliphatic rings. The average molecular weight is 224 g/mol. The molecule has 1 aromatic rings. The molecule has 1 aromatic carbocycles. The first-order chi connectivity index (χ1) is 7.65. The lowest BCUT2D eigenvalue weighted by molar-refractivity contribution is -0.384. The molecule has 0 aromatic heterocycles. The van der Waals surface area contributed by atoms with Gasteiger partial charge in [-0.25, -0.2) is 0 Å². The quantitative estimate of drug-likeness (QED) is 0.291. The monoisotopic (exact) mass is 224 g/mol. The second-order valence-electron chi connectivity index (χ2n) is 3.13. The van der Waals surface area contributed by atoms with Crippen LogP contribution in [-0.4, -0.2) is 30.4 Å². The molecule has 1 rings (SSSR count). The molecule has 1 N–H and O–H groups in total. The SMILES string of the molecule is O=[N+]([O-])c1ccc(B([O-])OCCCO)cc1. The molecule has 0 fully saturated rings. The lowest BCUT2D eigenvalue weighted by atomic mass is 9.79. The predicted octanol–water partition coefficient (Wildman–Crippen LogP) is -0.951. The summed E-state index contributed by atoms with van der Waals surface area (Å²) < 4.78 is 4.88. The first-order valence-electron chi connectivity index (χ1n) is 4.78. The van der Waals surface area contributed by atoms with Crippen LogP contribution in [0, 0.1) is 10.1 Å². The molecule has 0 atom stereocenters. The van der Waals surface area contributed by atoms with Gasteiger partial charge in [0.25, 0.3) is 5.69 Å². The number of aliphatic hydroxyl groups excluding tert-OH is 1. The average Bonchev–Trinajstić information content (AvgIpc) is 2.29. The zero-order valence-electron chi connectivity index (χ0n) is 8.54. The van der Waals surface area contributed by atoms with Gasteiger partial charge in [0, 0.05) is 25.3 Å². The summed E-state index contributed by atoms with van der Waals surface area (Å²) in [5.41, 5.74) is 0.273. The van der Waals surface area contributed by atoms with Crippen molar-refractivity contribution in [2.75, 3.05) is 13.2 Å². The van der Waals surface area contributed by atoms with Gasteiger partial charge in [-0.05, 0) is 6.42 Å². The third-order valence-electron chi connectivity index (χ3n) is 1.95. The van der Waals surface area contributed by atoms with Gasteiger partial charge in [0.1, 0.15) is 0 Å². The molecule has 0 amide bonds. The lowest BCUT2D eigenvalue weighted by Gasteiger charge is -2.19. The molecule has 0 aliphatic carbocycles. The molecule has 0 aliphatic heterocycles. The smallest absolute Gasteiger partial charge is 0.269 e. The maximum absolute atomic E-state index is 11.4. The van der Waals surface area contributed by atoms with Crippen molar-refractivity contribution >= 4 is 18.3 Å². The third-order valence-corrected chi connectivity index (χ3v) is 1.95. The zero-order valence-corrected chi connectivity index (χ0v) is 8.54. The van der Waals surface area contributed by atoms with Gasteiger partial charge >= 0.3 is 0 Å². The van der Waals surface area contributed by atoms with E-state index >= 15 is 0 Å². The van der Waals surface area contributed by atoms with Gasteiger partial charge < -0.3 is 14.8 Å². The number of hydrogen-bond donors (Lipinski definition) is 1. The zero-order chi connectivity index (χ0) is 12.0. The molecule has 6 nitrogen and oxygen atoms in total. The van der Waals surface area contributed by atoms with Crippen molar-refractivity contribution in [1.82, 2.24) is 0 Å². The summed E-state index contributed by atoms with van der Waals surface area (Å²) in [4.78, 5) is 9.83. The van der Waals surface area contributed by atoms with Crippen LogP contribution in [0.5, 0.6) is 0 Å². The molecule has 0 heterocycles. The highest BCUT2D eigenvalue weighted by Gasteiger charge is 2.07. The van der Waals surface area contributed by atoms with Crippen LogP contribution < -0.4 is 10.5 Å². The van der Waals surface area contributed by atoms with E-state index in [0.29, 0.717) is 11.9 Å². The van der Waals surface area contributed by atoms with Crippen LogP contribution in [0.1, 0.15) is 6.42 Å². The number of benzene rings is 1. The van der Waals surface area contributed by atoms with Gasteiger partial charge in [-0.2, -0.15) is 0 Å². The van der Waals surface area contributed by atoms with E-state index in [1.807, 2.05) is 0 Å². The number of hydrogen-bond acceptors (Lipinski definition) is 5. The highest BCUT2D eigenvalue weighted by atomic mass is 16.6. The fraction of sp³-hybridized carbons (Fsp3) is 0.333. The Bertz CT molecular complexity index is 342. The summed E-state index contributed by atoms with van der Waals surface area (Å²) in [6, 6.07) is 5.26. The van der Waals surface area contributed by atoms with E-state index < -0.39 is 12.0 Å². The van der Waals surface area contributed by atoms with Crippen LogP contribution in [-0.2, 0) is 4.65 Å². The van der Waals surface area contributed by atoms with Crippen LogP contribution >= 0.6 is 0 Å². The van der Waals surface area contributed by atoms with Crippen LogP contribution in [0.25, 0.3) is 0 Å². The van der Waals surface area contributed by atoms with Gasteiger partial charge in [-0.1, -0.05) is 17.6 Å². The predicted molar refractivity (Wildman–Crippen MR) is 56.1 cm³/mol. The van der Waals surface area contributed by atoms with Gasteiger partial charge in [0.05, 0.1) is 4.92 Å². The number of non-ortho nitro benzene ring substituents is 1. The number of nitro benzene ring substituents is 1. The van der Waals surface area contributed by atoms with Crippen molar-refractivity contribution in [3.63, 3.8) is 0 Å². The van der Waals surface area contributed by atoms with Crippen molar-refractivity contribution in [3.8, 4) is 0 Å². The minimum Gasteiger partial charge on any atom is -0.853 e. The van der Waals surface area contributed by atoms with E-state index in [1.165, 1.54) is 24.3 Å². The van der Waals surface area contributed by atoms with E-state index in [1.54, 1.807) is 0 Å². The van der Waals surface area contributed by atoms with Crippen molar-refractivity contribution < 1.29 is 19.7 Å². The number of aliphatic hydroxyl groups is 1. The Hall–Kier alpha value is -1.44. The van der Waals surface area contributed by atoms with E-state index in [9.17, 15) is 15.1 Å². The fourth-order valence-electron chi connectivity index (χ4n) is 1.10. The van der Waals surface area contributed by atoms with Gasteiger partial charge in [0.15, 0.2) is 0 Å². The van der Waals surface area contributed by atoms with E-state index in [2.05, 4.69) is 0 Å². The maximum Gasteiger partial charge on any atom is 0.269 e. The van der Waals surface area contributed by atoms with E-state index in [0.717, 1.165) is 0 Å². The van der Waals surface area contributed by atoms with Crippen LogP contribution in [0.4, 0.5) is 5.69 Å². The molecule has 86 valence electrons. The Balaban J connectivity index is 2.56. The number of nitrogens with zero attached hydrogens (tertiary/aromatic N) is 1. The molecule has 0 unspecified atom stereocenters. The van der Waals surface area contributed by atoms with Crippen molar-refractivity contribution in [1.29, 1.82) is 0 Å². The van der Waals surface area contributed by atoms with Crippen molar-refractivity contribution in [3.05, 3.63) is 34.4 Å². The highest BCUT2D eigenvalue weighted by molar-refractivity contribution is 6.58. The second kappa shape index (κ2) is 6.21. The molecule has 0 saturated carbocycles. The molecular weight excluding hydrogens is 213 g/mol. The first kappa shape index (κ1) is 12.6. The molecule has 16 heavy (non-hydrogen) atoms. The van der Waals surface area contributed by atoms with Gasteiger partial charge in [-0.3, -0.25) is 10.1 Å². The van der Waals surface area contributed by atoms with E-state index in [-0.39, 0.29) is 18.9 Å². The summed E-state index contributed by atoms with van der Waals surface area (Å²) in [5, 5.41) is 30.3. The summed E-state index contributed by atoms with van der Waals surface area (Å²) in [6.07, 6.45) is 0.395. The highest BCUT2D eigenvalue weighted by Crippen LogP contribution is 2.06. The summed E-state index contributed by atoms with van der Waals surface area (Å²) in [6.45, 7) is 0.134. The van der Waals surface area contributed by atoms with Crippen LogP contribution in [0.2, 0.25) is 0 Å². The van der Waals surface area contributed by atoms with E-state index in [4.69, 9.17) is 9.76 Å². The van der Waals surface area contributed by atoms with Gasteiger partial charge in [-0.15, -0.1) is 0 Å². The molecule has 0 bridgehead atoms. The fourth-order valence-corrected chi connectivity index (χ4v) is 1.10. The van der Waals surface area contributed by atoms with Crippen LogP contribution in [0.3, 0.4) is 0 Å². The summed E-state index contributed by atoms with van der Waals surface area (Å²) in [7, 11) is -1.37. The minimum absolute atomic E-state index is 0.0347. The Morgan fingerprint density at radius 3 is 2.50 bits per heavy atom. The number of rotatable bonds is 6.